The predicted molar refractivity (Wildman–Crippen MR) is 81.9 cm³/mol. The first-order valence-corrected chi connectivity index (χ1v) is 8.48. The predicted octanol–water partition coefficient (Wildman–Crippen LogP) is 1.13. The number of carbonyl (C=O) groups excluding carboxylic acids is 1. The summed E-state index contributed by atoms with van der Waals surface area (Å²) in [5, 5.41) is 13.1. The van der Waals surface area contributed by atoms with Crippen LogP contribution in [0.4, 0.5) is 0 Å². The largest absolute Gasteiger partial charge is 0.368 e. The number of primary amides is 1. The van der Waals surface area contributed by atoms with E-state index < -0.39 is 5.54 Å². The lowest BCUT2D eigenvalue weighted by molar-refractivity contribution is -0.125. The van der Waals surface area contributed by atoms with Crippen LogP contribution in [0.25, 0.3) is 0 Å². The van der Waals surface area contributed by atoms with E-state index >= 15 is 0 Å². The summed E-state index contributed by atoms with van der Waals surface area (Å²) in [6.45, 7) is 1.94. The van der Waals surface area contributed by atoms with Gasteiger partial charge < -0.3 is 15.6 Å². The Morgan fingerprint density at radius 2 is 2.19 bits per heavy atom. The molecule has 7 heteroatoms. The van der Waals surface area contributed by atoms with Crippen molar-refractivity contribution < 1.29 is 4.79 Å². The molecule has 21 heavy (non-hydrogen) atoms. The molecule has 0 bridgehead atoms. The molecule has 0 saturated heterocycles. The van der Waals surface area contributed by atoms with Crippen molar-refractivity contribution in [3.05, 3.63) is 5.82 Å². The van der Waals surface area contributed by atoms with Crippen molar-refractivity contribution in [3.63, 3.8) is 0 Å². The minimum Gasteiger partial charge on any atom is -0.368 e. The SMILES string of the molecule is Cc1nnc(SC2CCCC(NC3CC3)(C(N)=O)C2)n1C. The second-order valence-corrected chi connectivity index (χ2v) is 7.56. The van der Waals surface area contributed by atoms with Gasteiger partial charge in [-0.25, -0.2) is 0 Å². The topological polar surface area (TPSA) is 85.8 Å². The monoisotopic (exact) mass is 309 g/mol. The van der Waals surface area contributed by atoms with E-state index in [1.165, 1.54) is 0 Å². The lowest BCUT2D eigenvalue weighted by Crippen LogP contribution is -2.59. The third-order valence-corrected chi connectivity index (χ3v) is 5.86. The van der Waals surface area contributed by atoms with E-state index in [-0.39, 0.29) is 5.91 Å². The highest BCUT2D eigenvalue weighted by Crippen LogP contribution is 2.39. The van der Waals surface area contributed by atoms with Crippen LogP contribution in [0.1, 0.15) is 44.3 Å². The molecule has 6 nitrogen and oxygen atoms in total. The highest BCUT2D eigenvalue weighted by Gasteiger charge is 2.44. The van der Waals surface area contributed by atoms with Crippen LogP contribution in [0.5, 0.6) is 0 Å². The average Bonchev–Trinajstić information content (AvgIpc) is 3.20. The van der Waals surface area contributed by atoms with E-state index in [2.05, 4.69) is 15.5 Å². The Kier molecular flexibility index (Phi) is 3.96. The Bertz CT molecular complexity index is 541. The van der Waals surface area contributed by atoms with Gasteiger partial charge in [-0.3, -0.25) is 4.79 Å². The van der Waals surface area contributed by atoms with Gasteiger partial charge in [-0.2, -0.15) is 0 Å². The van der Waals surface area contributed by atoms with E-state index in [0.29, 0.717) is 11.3 Å². The maximum Gasteiger partial charge on any atom is 0.237 e. The van der Waals surface area contributed by atoms with E-state index in [9.17, 15) is 4.79 Å². The third-order valence-electron chi connectivity index (χ3n) is 4.56. The molecule has 2 unspecified atom stereocenters. The molecule has 1 amide bonds. The fraction of sp³-hybridized carbons (Fsp3) is 0.786. The minimum atomic E-state index is -0.523. The van der Waals surface area contributed by atoms with Crippen LogP contribution < -0.4 is 11.1 Å². The Hall–Kier alpha value is -1.08. The van der Waals surface area contributed by atoms with Crippen LogP contribution in [0.2, 0.25) is 0 Å². The van der Waals surface area contributed by atoms with Gasteiger partial charge in [-0.1, -0.05) is 11.8 Å². The minimum absolute atomic E-state index is 0.200. The van der Waals surface area contributed by atoms with E-state index in [4.69, 9.17) is 5.73 Å². The smallest absolute Gasteiger partial charge is 0.237 e. The number of amides is 1. The van der Waals surface area contributed by atoms with Gasteiger partial charge in [0.1, 0.15) is 5.82 Å². The molecule has 3 N–H and O–H groups in total. The van der Waals surface area contributed by atoms with Crippen LogP contribution >= 0.6 is 11.8 Å². The van der Waals surface area contributed by atoms with Gasteiger partial charge in [0.15, 0.2) is 5.16 Å². The van der Waals surface area contributed by atoms with Crippen LogP contribution in [0.3, 0.4) is 0 Å². The molecule has 2 aliphatic rings. The standard InChI is InChI=1S/C14H23N5OS/c1-9-17-18-13(19(9)2)21-11-4-3-7-14(8-11,12(15)20)16-10-5-6-10/h10-11,16H,3-8H2,1-2H3,(H2,15,20). The number of aryl methyl sites for hydroxylation is 1. The second kappa shape index (κ2) is 5.61. The fourth-order valence-electron chi connectivity index (χ4n) is 3.01. The number of nitrogens with zero attached hydrogens (tertiary/aromatic N) is 3. The maximum atomic E-state index is 12.0. The van der Waals surface area contributed by atoms with Crippen LogP contribution in [0.15, 0.2) is 5.16 Å². The Labute approximate surface area is 129 Å². The number of aromatic nitrogens is 3. The first kappa shape index (κ1) is 14.8. The van der Waals surface area contributed by atoms with Gasteiger partial charge in [-0.05, 0) is 45.4 Å². The molecule has 1 aromatic rings. The molecule has 0 aliphatic heterocycles. The number of nitrogens with two attached hydrogens (primary N) is 1. The van der Waals surface area contributed by atoms with Crippen LogP contribution in [-0.2, 0) is 11.8 Å². The van der Waals surface area contributed by atoms with Gasteiger partial charge in [0.05, 0.1) is 5.54 Å². The Morgan fingerprint density at radius 3 is 2.76 bits per heavy atom. The first-order valence-electron chi connectivity index (χ1n) is 7.60. The Morgan fingerprint density at radius 1 is 1.43 bits per heavy atom. The molecule has 2 fully saturated rings. The number of rotatable bonds is 5. The molecule has 2 aliphatic carbocycles. The molecule has 1 heterocycles. The summed E-state index contributed by atoms with van der Waals surface area (Å²) < 4.78 is 2.00. The highest BCUT2D eigenvalue weighted by atomic mass is 32.2. The summed E-state index contributed by atoms with van der Waals surface area (Å²) in [6, 6.07) is 0.485. The summed E-state index contributed by atoms with van der Waals surface area (Å²) in [5.41, 5.74) is 5.20. The molecular formula is C14H23N5OS. The van der Waals surface area contributed by atoms with Crippen molar-refractivity contribution in [1.82, 2.24) is 20.1 Å². The number of hydrogen-bond acceptors (Lipinski definition) is 5. The average molecular weight is 309 g/mol. The van der Waals surface area contributed by atoms with Gasteiger partial charge >= 0.3 is 0 Å². The molecule has 116 valence electrons. The third kappa shape index (κ3) is 3.08. The Balaban J connectivity index is 1.71. The number of thioether (sulfide) groups is 1. The van der Waals surface area contributed by atoms with E-state index in [1.807, 2.05) is 18.5 Å². The number of carbonyl (C=O) groups is 1. The van der Waals surface area contributed by atoms with Gasteiger partial charge in [0.25, 0.3) is 0 Å². The van der Waals surface area contributed by atoms with Crippen molar-refractivity contribution in [3.8, 4) is 0 Å². The first-order chi connectivity index (χ1) is 10.00. The van der Waals surface area contributed by atoms with Gasteiger partial charge in [0, 0.05) is 18.3 Å². The number of hydrogen-bond donors (Lipinski definition) is 2. The lowest BCUT2D eigenvalue weighted by Gasteiger charge is -2.39. The molecule has 1 aromatic heterocycles. The van der Waals surface area contributed by atoms with Crippen molar-refractivity contribution in [1.29, 1.82) is 0 Å². The normalized spacial score (nSPS) is 29.5. The van der Waals surface area contributed by atoms with Crippen LogP contribution in [-0.4, -0.2) is 37.5 Å². The highest BCUT2D eigenvalue weighted by molar-refractivity contribution is 7.99. The zero-order chi connectivity index (χ0) is 15.0. The quantitative estimate of drug-likeness (QED) is 0.851. The fourth-order valence-corrected chi connectivity index (χ4v) is 4.34. The van der Waals surface area contributed by atoms with Crippen molar-refractivity contribution >= 4 is 17.7 Å². The summed E-state index contributed by atoms with van der Waals surface area (Å²) in [4.78, 5) is 12.0. The van der Waals surface area contributed by atoms with Crippen molar-refractivity contribution in [2.75, 3.05) is 0 Å². The second-order valence-electron chi connectivity index (χ2n) is 6.29. The molecule has 2 atom stereocenters. The van der Waals surface area contributed by atoms with E-state index in [0.717, 1.165) is 49.5 Å². The molecule has 0 radical (unpaired) electrons. The summed E-state index contributed by atoms with van der Waals surface area (Å²) in [5.74, 6) is 0.708. The summed E-state index contributed by atoms with van der Waals surface area (Å²) in [7, 11) is 1.98. The van der Waals surface area contributed by atoms with Crippen LogP contribution in [0, 0.1) is 6.92 Å². The molecule has 0 spiro atoms. The maximum absolute atomic E-state index is 12.0. The zero-order valence-corrected chi connectivity index (χ0v) is 13.4. The van der Waals surface area contributed by atoms with Gasteiger partial charge in [-0.15, -0.1) is 10.2 Å². The van der Waals surface area contributed by atoms with Crippen molar-refractivity contribution in [2.24, 2.45) is 12.8 Å². The van der Waals surface area contributed by atoms with Crippen molar-refractivity contribution in [2.45, 2.75) is 67.4 Å². The lowest BCUT2D eigenvalue weighted by atomic mass is 9.80. The molecule has 3 rings (SSSR count). The summed E-state index contributed by atoms with van der Waals surface area (Å²) in [6.07, 6.45) is 6.09. The molecular weight excluding hydrogens is 286 g/mol. The zero-order valence-electron chi connectivity index (χ0n) is 12.6. The van der Waals surface area contributed by atoms with E-state index in [1.54, 1.807) is 11.8 Å². The molecule has 2 saturated carbocycles. The number of nitrogens with one attached hydrogen (secondary N) is 1. The molecule has 0 aromatic carbocycles. The summed E-state index contributed by atoms with van der Waals surface area (Å²) >= 11 is 1.72. The van der Waals surface area contributed by atoms with Gasteiger partial charge in [0.2, 0.25) is 5.91 Å².